The number of ether oxygens (including phenoxy) is 2. The Balaban J connectivity index is 1.78. The first kappa shape index (κ1) is 19.8. The predicted molar refractivity (Wildman–Crippen MR) is 108 cm³/mol. The number of methoxy groups -OCH3 is 1. The van der Waals surface area contributed by atoms with Gasteiger partial charge in [-0.2, -0.15) is 4.98 Å². The molecule has 0 radical (unpaired) electrons. The molecular weight excluding hydrogens is 354 g/mol. The fourth-order valence-corrected chi connectivity index (χ4v) is 2.87. The summed E-state index contributed by atoms with van der Waals surface area (Å²) in [7, 11) is 5.70. The van der Waals surface area contributed by atoms with E-state index in [1.54, 1.807) is 13.4 Å². The van der Waals surface area contributed by atoms with Crippen LogP contribution < -0.4 is 9.47 Å². The second-order valence-corrected chi connectivity index (χ2v) is 7.02. The number of aryl methyl sites for hydroxylation is 2. The maximum atomic E-state index is 5.77. The molecule has 1 aromatic carbocycles. The zero-order valence-corrected chi connectivity index (χ0v) is 17.1. The maximum Gasteiger partial charge on any atom is 0.216 e. The van der Waals surface area contributed by atoms with Gasteiger partial charge in [-0.25, -0.2) is 9.97 Å². The molecule has 2 heterocycles. The van der Waals surface area contributed by atoms with Crippen LogP contribution in [-0.2, 0) is 6.42 Å². The molecule has 0 aliphatic heterocycles. The van der Waals surface area contributed by atoms with E-state index >= 15 is 0 Å². The van der Waals surface area contributed by atoms with Crippen molar-refractivity contribution >= 4 is 0 Å². The van der Waals surface area contributed by atoms with Crippen LogP contribution in [0.2, 0.25) is 0 Å². The molecule has 0 N–H and O–H groups in total. The molecule has 0 aliphatic rings. The summed E-state index contributed by atoms with van der Waals surface area (Å²) in [5, 5.41) is 0. The number of hydrogen-bond acceptors (Lipinski definition) is 6. The van der Waals surface area contributed by atoms with Crippen molar-refractivity contribution in [3.63, 3.8) is 0 Å². The van der Waals surface area contributed by atoms with E-state index in [0.717, 1.165) is 40.8 Å². The molecule has 0 spiro atoms. The third-order valence-electron chi connectivity index (χ3n) is 4.26. The zero-order chi connectivity index (χ0) is 20.1. The fraction of sp³-hybridized carbons (Fsp3) is 0.381. The van der Waals surface area contributed by atoms with Crippen LogP contribution in [0.1, 0.15) is 22.8 Å². The van der Waals surface area contributed by atoms with E-state index in [9.17, 15) is 0 Å². The van der Waals surface area contributed by atoms with E-state index in [-0.39, 0.29) is 0 Å². The quantitative estimate of drug-likeness (QED) is 0.598. The van der Waals surface area contributed by atoms with Crippen LogP contribution in [0.4, 0.5) is 0 Å². The van der Waals surface area contributed by atoms with Gasteiger partial charge in [-0.3, -0.25) is 0 Å². The molecular formula is C21H27N5O2. The van der Waals surface area contributed by atoms with E-state index in [0.29, 0.717) is 18.9 Å². The van der Waals surface area contributed by atoms with Crippen molar-refractivity contribution in [2.24, 2.45) is 0 Å². The summed E-state index contributed by atoms with van der Waals surface area (Å²) >= 11 is 0. The molecule has 0 saturated carbocycles. The van der Waals surface area contributed by atoms with E-state index in [1.165, 1.54) is 0 Å². The van der Waals surface area contributed by atoms with Gasteiger partial charge in [0.15, 0.2) is 0 Å². The van der Waals surface area contributed by atoms with E-state index < -0.39 is 0 Å². The number of hydrogen-bond donors (Lipinski definition) is 0. The Morgan fingerprint density at radius 1 is 1.07 bits per heavy atom. The summed E-state index contributed by atoms with van der Waals surface area (Å²) in [6.45, 7) is 5.35. The average Bonchev–Trinajstić information content (AvgIpc) is 3.07. The third kappa shape index (κ3) is 5.07. The van der Waals surface area contributed by atoms with Crippen molar-refractivity contribution in [1.82, 2.24) is 24.4 Å². The first-order valence-electron chi connectivity index (χ1n) is 9.24. The van der Waals surface area contributed by atoms with E-state index in [4.69, 9.17) is 9.47 Å². The summed E-state index contributed by atoms with van der Waals surface area (Å²) in [4.78, 5) is 15.5. The summed E-state index contributed by atoms with van der Waals surface area (Å²) in [6.07, 6.45) is 4.36. The van der Waals surface area contributed by atoms with Crippen molar-refractivity contribution in [2.45, 2.75) is 20.3 Å². The third-order valence-corrected chi connectivity index (χ3v) is 4.26. The van der Waals surface area contributed by atoms with Crippen LogP contribution in [-0.4, -0.2) is 58.8 Å². The van der Waals surface area contributed by atoms with Crippen LogP contribution in [0.15, 0.2) is 36.8 Å². The highest BCUT2D eigenvalue weighted by molar-refractivity contribution is 5.49. The number of aromatic nitrogens is 4. The van der Waals surface area contributed by atoms with E-state index in [2.05, 4.69) is 25.9 Å². The molecule has 3 aromatic rings. The highest BCUT2D eigenvalue weighted by Crippen LogP contribution is 2.25. The topological polar surface area (TPSA) is 65.3 Å². The summed E-state index contributed by atoms with van der Waals surface area (Å²) in [5.41, 5.74) is 3.87. The SMILES string of the molecule is COc1cc(Cc2nc(C)cc(OCCN(C)C)n2)ccc1-n1cnc(C)c1. The molecule has 0 saturated heterocycles. The molecule has 7 nitrogen and oxygen atoms in total. The summed E-state index contributed by atoms with van der Waals surface area (Å²) in [5.74, 6) is 2.12. The van der Waals surface area contributed by atoms with Gasteiger partial charge in [0.2, 0.25) is 5.88 Å². The van der Waals surface area contributed by atoms with Crippen molar-refractivity contribution < 1.29 is 9.47 Å². The number of benzene rings is 1. The normalized spacial score (nSPS) is 11.1. The molecule has 0 aliphatic carbocycles. The molecule has 0 bridgehead atoms. The molecule has 0 fully saturated rings. The van der Waals surface area contributed by atoms with Crippen LogP contribution >= 0.6 is 0 Å². The minimum absolute atomic E-state index is 0.593. The van der Waals surface area contributed by atoms with Gasteiger partial charge in [0.05, 0.1) is 24.8 Å². The molecule has 3 rings (SSSR count). The molecule has 0 unspecified atom stereocenters. The van der Waals surface area contributed by atoms with Crippen LogP contribution in [0, 0.1) is 13.8 Å². The van der Waals surface area contributed by atoms with Crippen LogP contribution in [0.25, 0.3) is 5.69 Å². The number of imidazole rings is 1. The fourth-order valence-electron chi connectivity index (χ4n) is 2.87. The first-order chi connectivity index (χ1) is 13.4. The average molecular weight is 381 g/mol. The highest BCUT2D eigenvalue weighted by atomic mass is 16.5. The molecule has 0 amide bonds. The lowest BCUT2D eigenvalue weighted by atomic mass is 10.1. The Hall–Kier alpha value is -2.93. The van der Waals surface area contributed by atoms with Crippen molar-refractivity contribution in [2.75, 3.05) is 34.4 Å². The standard InChI is InChI=1S/C21H27N5O2/c1-15-10-21(28-9-8-25(3)4)24-20(23-15)12-17-6-7-18(19(11-17)27-5)26-13-16(2)22-14-26/h6-7,10-11,13-14H,8-9,12H2,1-5H3. The smallest absolute Gasteiger partial charge is 0.216 e. The van der Waals surface area contributed by atoms with Crippen LogP contribution in [0.3, 0.4) is 0 Å². The van der Waals surface area contributed by atoms with Gasteiger partial charge in [0, 0.05) is 30.9 Å². The zero-order valence-electron chi connectivity index (χ0n) is 17.1. The molecule has 2 aromatic heterocycles. The number of rotatable bonds is 8. The minimum Gasteiger partial charge on any atom is -0.495 e. The Labute approximate surface area is 166 Å². The van der Waals surface area contributed by atoms with Gasteiger partial charge in [0.1, 0.15) is 18.2 Å². The molecule has 28 heavy (non-hydrogen) atoms. The largest absolute Gasteiger partial charge is 0.495 e. The van der Waals surface area contributed by atoms with Crippen LogP contribution in [0.5, 0.6) is 11.6 Å². The monoisotopic (exact) mass is 381 g/mol. The van der Waals surface area contributed by atoms with Gasteiger partial charge in [-0.15, -0.1) is 0 Å². The second kappa shape index (κ2) is 8.84. The van der Waals surface area contributed by atoms with Crippen molar-refractivity contribution in [3.05, 3.63) is 59.6 Å². The highest BCUT2D eigenvalue weighted by Gasteiger charge is 2.10. The lowest BCUT2D eigenvalue weighted by molar-refractivity contribution is 0.253. The Morgan fingerprint density at radius 2 is 1.89 bits per heavy atom. The Bertz CT molecular complexity index is 936. The number of nitrogens with zero attached hydrogens (tertiary/aromatic N) is 5. The molecule has 7 heteroatoms. The maximum absolute atomic E-state index is 5.77. The summed E-state index contributed by atoms with van der Waals surface area (Å²) in [6, 6.07) is 7.97. The summed E-state index contributed by atoms with van der Waals surface area (Å²) < 4.78 is 13.3. The minimum atomic E-state index is 0.593. The van der Waals surface area contributed by atoms with Gasteiger partial charge < -0.3 is 18.9 Å². The number of likely N-dealkylation sites (N-methyl/N-ethyl adjacent to an activating group) is 1. The molecule has 0 atom stereocenters. The Morgan fingerprint density at radius 3 is 2.57 bits per heavy atom. The lowest BCUT2D eigenvalue weighted by Gasteiger charge is -2.13. The second-order valence-electron chi connectivity index (χ2n) is 7.02. The van der Waals surface area contributed by atoms with Gasteiger partial charge in [-0.05, 0) is 45.6 Å². The van der Waals surface area contributed by atoms with Crippen molar-refractivity contribution in [3.8, 4) is 17.3 Å². The van der Waals surface area contributed by atoms with Crippen molar-refractivity contribution in [1.29, 1.82) is 0 Å². The van der Waals surface area contributed by atoms with Gasteiger partial charge in [-0.1, -0.05) is 6.07 Å². The first-order valence-corrected chi connectivity index (χ1v) is 9.24. The van der Waals surface area contributed by atoms with E-state index in [1.807, 2.05) is 56.9 Å². The Kier molecular flexibility index (Phi) is 6.26. The van der Waals surface area contributed by atoms with Gasteiger partial charge >= 0.3 is 0 Å². The lowest BCUT2D eigenvalue weighted by Crippen LogP contribution is -2.20. The molecule has 148 valence electrons. The van der Waals surface area contributed by atoms with Gasteiger partial charge in [0.25, 0.3) is 0 Å². The predicted octanol–water partition coefficient (Wildman–Crippen LogP) is 2.82.